The molecule has 166 valence electrons. The lowest BCUT2D eigenvalue weighted by Gasteiger charge is -2.22. The predicted octanol–water partition coefficient (Wildman–Crippen LogP) is 4.14. The number of carbonyl (C=O) groups excluding carboxylic acids is 2. The van der Waals surface area contributed by atoms with Crippen molar-refractivity contribution in [3.8, 4) is 5.69 Å². The van der Waals surface area contributed by atoms with E-state index in [0.29, 0.717) is 5.69 Å². The second-order valence-electron chi connectivity index (χ2n) is 7.54. The number of hydrogen-bond donors (Lipinski definition) is 2. The molecule has 0 fully saturated rings. The molecule has 1 unspecified atom stereocenters. The first kappa shape index (κ1) is 23.0. The monoisotopic (exact) mass is 455 g/mol. The third kappa shape index (κ3) is 5.12. The number of rotatable bonds is 7. The smallest absolute Gasteiger partial charge is 0.270 e. The van der Waals surface area contributed by atoms with Crippen LogP contribution in [0.5, 0.6) is 0 Å². The highest BCUT2D eigenvalue weighted by Crippen LogP contribution is 2.23. The van der Waals surface area contributed by atoms with Crippen LogP contribution in [-0.2, 0) is 4.79 Å². The van der Waals surface area contributed by atoms with Gasteiger partial charge in [0.25, 0.3) is 11.6 Å². The zero-order chi connectivity index (χ0) is 23.4. The average Bonchev–Trinajstić information content (AvgIpc) is 3.17. The second kappa shape index (κ2) is 9.61. The van der Waals surface area contributed by atoms with Gasteiger partial charge in [0, 0.05) is 29.7 Å². The van der Waals surface area contributed by atoms with Gasteiger partial charge in [-0.25, -0.2) is 4.68 Å². The topological polar surface area (TPSA) is 119 Å². The number of halogens is 1. The van der Waals surface area contributed by atoms with Gasteiger partial charge in [0.2, 0.25) is 5.91 Å². The van der Waals surface area contributed by atoms with Crippen molar-refractivity contribution in [2.24, 2.45) is 5.92 Å². The van der Waals surface area contributed by atoms with Gasteiger partial charge in [-0.05, 0) is 43.2 Å². The van der Waals surface area contributed by atoms with Crippen LogP contribution in [0.3, 0.4) is 0 Å². The van der Waals surface area contributed by atoms with Crippen LogP contribution in [0.25, 0.3) is 5.69 Å². The zero-order valence-corrected chi connectivity index (χ0v) is 18.5. The SMILES string of the molecule is Cc1ccnn1-c1cccc(NC(=O)C(NC(=O)c2ccc([N+](=O)[O-])cc2Cl)C(C)C)c1. The highest BCUT2D eigenvalue weighted by atomic mass is 35.5. The van der Waals surface area contributed by atoms with Gasteiger partial charge in [-0.1, -0.05) is 31.5 Å². The molecule has 0 spiro atoms. The first-order valence-corrected chi connectivity index (χ1v) is 10.2. The van der Waals surface area contributed by atoms with Crippen LogP contribution in [0.4, 0.5) is 11.4 Å². The van der Waals surface area contributed by atoms with E-state index < -0.39 is 22.8 Å². The molecule has 1 heterocycles. The lowest BCUT2D eigenvalue weighted by atomic mass is 10.0. The fourth-order valence-electron chi connectivity index (χ4n) is 3.13. The van der Waals surface area contributed by atoms with Crippen molar-refractivity contribution in [1.29, 1.82) is 0 Å². The van der Waals surface area contributed by atoms with E-state index in [-0.39, 0.29) is 22.2 Å². The molecule has 0 saturated heterocycles. The van der Waals surface area contributed by atoms with Gasteiger partial charge in [-0.3, -0.25) is 19.7 Å². The molecule has 2 N–H and O–H groups in total. The molecule has 2 aromatic carbocycles. The van der Waals surface area contributed by atoms with Crippen molar-refractivity contribution in [2.45, 2.75) is 26.8 Å². The number of nitro groups is 1. The van der Waals surface area contributed by atoms with Gasteiger partial charge in [-0.15, -0.1) is 0 Å². The van der Waals surface area contributed by atoms with Gasteiger partial charge >= 0.3 is 0 Å². The Bertz CT molecular complexity index is 1170. The van der Waals surface area contributed by atoms with Crippen molar-refractivity contribution >= 4 is 34.8 Å². The fourth-order valence-corrected chi connectivity index (χ4v) is 3.39. The summed E-state index contributed by atoms with van der Waals surface area (Å²) in [7, 11) is 0. The summed E-state index contributed by atoms with van der Waals surface area (Å²) in [6.45, 7) is 5.52. The number of nitrogens with zero attached hydrogens (tertiary/aromatic N) is 3. The van der Waals surface area contributed by atoms with Crippen molar-refractivity contribution in [3.63, 3.8) is 0 Å². The average molecular weight is 456 g/mol. The van der Waals surface area contributed by atoms with Crippen molar-refractivity contribution in [3.05, 3.63) is 81.1 Å². The van der Waals surface area contributed by atoms with E-state index in [1.54, 1.807) is 42.9 Å². The Labute approximate surface area is 189 Å². The molecule has 0 saturated carbocycles. The third-order valence-corrected chi connectivity index (χ3v) is 5.15. The van der Waals surface area contributed by atoms with E-state index in [9.17, 15) is 19.7 Å². The molecule has 2 amide bonds. The summed E-state index contributed by atoms with van der Waals surface area (Å²) in [6, 6.07) is 11.8. The van der Waals surface area contributed by atoms with Crippen LogP contribution >= 0.6 is 11.6 Å². The third-order valence-electron chi connectivity index (χ3n) is 4.83. The number of aromatic nitrogens is 2. The summed E-state index contributed by atoms with van der Waals surface area (Å²) in [5.74, 6) is -1.23. The first-order valence-electron chi connectivity index (χ1n) is 9.84. The number of hydrogen-bond acceptors (Lipinski definition) is 5. The number of amides is 2. The summed E-state index contributed by atoms with van der Waals surface area (Å²) in [4.78, 5) is 35.9. The molecular weight excluding hydrogens is 434 g/mol. The normalized spacial score (nSPS) is 11.8. The summed E-state index contributed by atoms with van der Waals surface area (Å²) in [5, 5.41) is 20.6. The maximum atomic E-state index is 12.9. The number of nitrogens with one attached hydrogen (secondary N) is 2. The number of carbonyl (C=O) groups is 2. The highest BCUT2D eigenvalue weighted by molar-refractivity contribution is 6.34. The Morgan fingerprint density at radius 1 is 1.16 bits per heavy atom. The molecule has 3 aromatic rings. The molecule has 3 rings (SSSR count). The Kier molecular flexibility index (Phi) is 6.89. The molecule has 1 atom stereocenters. The van der Waals surface area contributed by atoms with E-state index in [1.165, 1.54) is 12.1 Å². The Morgan fingerprint density at radius 2 is 1.91 bits per heavy atom. The minimum absolute atomic E-state index is 0.0480. The first-order chi connectivity index (χ1) is 15.2. The number of anilines is 1. The predicted molar refractivity (Wildman–Crippen MR) is 121 cm³/mol. The van der Waals surface area contributed by atoms with Crippen LogP contribution in [0, 0.1) is 23.0 Å². The molecule has 0 aliphatic heterocycles. The summed E-state index contributed by atoms with van der Waals surface area (Å²) in [5.41, 5.74) is 2.11. The summed E-state index contributed by atoms with van der Waals surface area (Å²) >= 11 is 6.05. The lowest BCUT2D eigenvalue weighted by molar-refractivity contribution is -0.384. The van der Waals surface area contributed by atoms with Crippen LogP contribution < -0.4 is 10.6 Å². The molecule has 32 heavy (non-hydrogen) atoms. The number of non-ortho nitro benzene ring substituents is 1. The summed E-state index contributed by atoms with van der Waals surface area (Å²) in [6.07, 6.45) is 1.69. The minimum Gasteiger partial charge on any atom is -0.340 e. The van der Waals surface area contributed by atoms with E-state index in [2.05, 4.69) is 15.7 Å². The van der Waals surface area contributed by atoms with Gasteiger partial charge < -0.3 is 10.6 Å². The van der Waals surface area contributed by atoms with Gasteiger partial charge in [-0.2, -0.15) is 5.10 Å². The molecular formula is C22H22ClN5O4. The quantitative estimate of drug-likeness (QED) is 0.410. The van der Waals surface area contributed by atoms with E-state index in [0.717, 1.165) is 17.4 Å². The van der Waals surface area contributed by atoms with Crippen molar-refractivity contribution in [1.82, 2.24) is 15.1 Å². The molecule has 9 nitrogen and oxygen atoms in total. The maximum absolute atomic E-state index is 12.9. The number of nitro benzene ring substituents is 1. The molecule has 0 aliphatic carbocycles. The van der Waals surface area contributed by atoms with Crippen molar-refractivity contribution < 1.29 is 14.5 Å². The molecule has 0 radical (unpaired) electrons. The largest absolute Gasteiger partial charge is 0.340 e. The highest BCUT2D eigenvalue weighted by Gasteiger charge is 2.26. The van der Waals surface area contributed by atoms with Crippen LogP contribution in [0.15, 0.2) is 54.7 Å². The maximum Gasteiger partial charge on any atom is 0.270 e. The van der Waals surface area contributed by atoms with Crippen molar-refractivity contribution in [2.75, 3.05) is 5.32 Å². The molecule has 10 heteroatoms. The van der Waals surface area contributed by atoms with Gasteiger partial charge in [0.1, 0.15) is 6.04 Å². The van der Waals surface area contributed by atoms with Crippen LogP contribution in [0.1, 0.15) is 29.9 Å². The number of benzene rings is 2. The minimum atomic E-state index is -0.858. The van der Waals surface area contributed by atoms with Gasteiger partial charge in [0.05, 0.1) is 21.2 Å². The fraction of sp³-hybridized carbons (Fsp3) is 0.227. The van der Waals surface area contributed by atoms with E-state index >= 15 is 0 Å². The second-order valence-corrected chi connectivity index (χ2v) is 7.95. The molecule has 0 aliphatic rings. The Morgan fingerprint density at radius 3 is 2.50 bits per heavy atom. The van der Waals surface area contributed by atoms with Crippen LogP contribution in [0.2, 0.25) is 5.02 Å². The zero-order valence-electron chi connectivity index (χ0n) is 17.7. The van der Waals surface area contributed by atoms with Crippen LogP contribution in [-0.4, -0.2) is 32.6 Å². The Hall–Kier alpha value is -3.72. The molecule has 0 bridgehead atoms. The molecule has 1 aromatic heterocycles. The van der Waals surface area contributed by atoms with E-state index in [1.807, 2.05) is 19.1 Å². The Balaban J connectivity index is 1.76. The summed E-state index contributed by atoms with van der Waals surface area (Å²) < 4.78 is 1.74. The number of aryl methyl sites for hydroxylation is 1. The van der Waals surface area contributed by atoms with E-state index in [4.69, 9.17) is 11.6 Å². The van der Waals surface area contributed by atoms with Gasteiger partial charge in [0.15, 0.2) is 0 Å². The standard InChI is InChI=1S/C22H22ClN5O4/c1-13(2)20(26-21(29)18-8-7-17(28(31)32)12-19(18)23)22(30)25-15-5-4-6-16(11-15)27-14(3)9-10-24-27/h4-13,20H,1-3H3,(H,25,30)(H,26,29). The lowest BCUT2D eigenvalue weighted by Crippen LogP contribution is -2.47.